The molecule has 0 saturated heterocycles. The van der Waals surface area contributed by atoms with Gasteiger partial charge in [-0.2, -0.15) is 4.68 Å². The number of anilines is 1. The van der Waals surface area contributed by atoms with Crippen molar-refractivity contribution in [1.82, 2.24) is 9.78 Å². The van der Waals surface area contributed by atoms with Crippen LogP contribution in [0.15, 0.2) is 63.8 Å². The van der Waals surface area contributed by atoms with Crippen molar-refractivity contribution in [2.24, 2.45) is 0 Å². The summed E-state index contributed by atoms with van der Waals surface area (Å²) in [5.74, 6) is -1.39. The van der Waals surface area contributed by atoms with Crippen LogP contribution in [0.5, 0.6) is 0 Å². The van der Waals surface area contributed by atoms with Gasteiger partial charge in [0.2, 0.25) is 11.8 Å². The Morgan fingerprint density at radius 3 is 2.42 bits per heavy atom. The Bertz CT molecular complexity index is 946. The fourth-order valence-corrected chi connectivity index (χ4v) is 2.64. The number of benzene rings is 2. The number of para-hydroxylation sites is 1. The zero-order chi connectivity index (χ0) is 18.7. The average molecular weight is 355 g/mol. The first-order valence-corrected chi connectivity index (χ1v) is 8.16. The summed E-state index contributed by atoms with van der Waals surface area (Å²) in [5, 5.41) is 4.05. The van der Waals surface area contributed by atoms with Crippen LogP contribution in [0.3, 0.4) is 0 Å². The minimum Gasteiger partial charge on any atom is -0.388 e. The van der Waals surface area contributed by atoms with Gasteiger partial charge in [-0.3, -0.25) is 4.79 Å². The highest BCUT2D eigenvalue weighted by atomic mass is 19.1. The molecule has 0 radical (unpaired) electrons. The van der Waals surface area contributed by atoms with Gasteiger partial charge in [0.25, 0.3) is 0 Å². The summed E-state index contributed by atoms with van der Waals surface area (Å²) < 4.78 is 19.1. The van der Waals surface area contributed by atoms with E-state index in [4.69, 9.17) is 4.42 Å². The summed E-state index contributed by atoms with van der Waals surface area (Å²) >= 11 is 0. The van der Waals surface area contributed by atoms with Gasteiger partial charge in [-0.1, -0.05) is 18.2 Å². The lowest BCUT2D eigenvalue weighted by molar-refractivity contribution is -0.119. The standard InChI is InChI=1S/C19H18FN3O3/c1-13(2)23(16-6-4-3-5-7-16)17(24)12-22-19(25)26-18(21-22)14-8-10-15(20)11-9-14/h3-11,13H,12H2,1-2H3. The molecule has 134 valence electrons. The Balaban J connectivity index is 1.85. The normalized spacial score (nSPS) is 10.9. The third-order valence-electron chi connectivity index (χ3n) is 3.80. The Kier molecular flexibility index (Phi) is 4.97. The molecule has 2 aromatic carbocycles. The second kappa shape index (κ2) is 7.35. The van der Waals surface area contributed by atoms with Crippen molar-refractivity contribution in [1.29, 1.82) is 0 Å². The van der Waals surface area contributed by atoms with Crippen molar-refractivity contribution >= 4 is 11.6 Å². The van der Waals surface area contributed by atoms with Gasteiger partial charge in [0.05, 0.1) is 0 Å². The van der Waals surface area contributed by atoms with Crippen molar-refractivity contribution in [3.05, 3.63) is 71.0 Å². The van der Waals surface area contributed by atoms with E-state index in [1.54, 1.807) is 4.90 Å². The topological polar surface area (TPSA) is 68.3 Å². The van der Waals surface area contributed by atoms with E-state index in [1.165, 1.54) is 24.3 Å². The van der Waals surface area contributed by atoms with Crippen LogP contribution in [-0.4, -0.2) is 21.7 Å². The highest BCUT2D eigenvalue weighted by Crippen LogP contribution is 2.18. The first-order valence-electron chi connectivity index (χ1n) is 8.16. The molecule has 0 bridgehead atoms. The minimum absolute atomic E-state index is 0.0404. The van der Waals surface area contributed by atoms with Crippen LogP contribution in [0.1, 0.15) is 13.8 Å². The van der Waals surface area contributed by atoms with E-state index >= 15 is 0 Å². The molecule has 6 nitrogen and oxygen atoms in total. The van der Waals surface area contributed by atoms with Gasteiger partial charge in [-0.15, -0.1) is 5.10 Å². The maximum Gasteiger partial charge on any atom is 0.437 e. The largest absolute Gasteiger partial charge is 0.437 e. The van der Waals surface area contributed by atoms with Crippen molar-refractivity contribution < 1.29 is 13.6 Å². The minimum atomic E-state index is -0.741. The van der Waals surface area contributed by atoms with Crippen molar-refractivity contribution in [3.63, 3.8) is 0 Å². The van der Waals surface area contributed by atoms with Gasteiger partial charge in [0.1, 0.15) is 12.4 Å². The number of carbonyl (C=O) groups excluding carboxylic acids is 1. The Labute approximate surface area is 149 Å². The molecule has 0 fully saturated rings. The lowest BCUT2D eigenvalue weighted by atomic mass is 10.2. The number of rotatable bonds is 5. The molecule has 0 N–H and O–H groups in total. The first-order chi connectivity index (χ1) is 12.5. The van der Waals surface area contributed by atoms with Crippen molar-refractivity contribution in [3.8, 4) is 11.5 Å². The molecule has 0 spiro atoms. The van der Waals surface area contributed by atoms with Gasteiger partial charge < -0.3 is 9.32 Å². The smallest absolute Gasteiger partial charge is 0.388 e. The Hall–Kier alpha value is -3.22. The molecule has 0 aliphatic heterocycles. The number of amides is 1. The van der Waals surface area contributed by atoms with Gasteiger partial charge >= 0.3 is 5.76 Å². The van der Waals surface area contributed by atoms with Crippen molar-refractivity contribution in [2.45, 2.75) is 26.4 Å². The number of hydrogen-bond donors (Lipinski definition) is 0. The lowest BCUT2D eigenvalue weighted by Gasteiger charge is -2.26. The molecule has 1 aromatic heterocycles. The third-order valence-corrected chi connectivity index (χ3v) is 3.80. The molecular formula is C19H18FN3O3. The summed E-state index contributed by atoms with van der Waals surface area (Å²) in [7, 11) is 0. The maximum atomic E-state index is 13.0. The van der Waals surface area contributed by atoms with Crippen LogP contribution in [-0.2, 0) is 11.3 Å². The highest BCUT2D eigenvalue weighted by Gasteiger charge is 2.21. The van der Waals surface area contributed by atoms with E-state index in [9.17, 15) is 14.0 Å². The average Bonchev–Trinajstić information content (AvgIpc) is 2.97. The molecule has 3 rings (SSSR count). The van der Waals surface area contributed by atoms with Crippen LogP contribution < -0.4 is 10.7 Å². The quantitative estimate of drug-likeness (QED) is 0.705. The summed E-state index contributed by atoms with van der Waals surface area (Å²) in [5.41, 5.74) is 1.20. The fourth-order valence-electron chi connectivity index (χ4n) is 2.64. The van der Waals surface area contributed by atoms with Gasteiger partial charge in [0.15, 0.2) is 0 Å². The SMILES string of the molecule is CC(C)N(C(=O)Cn1nc(-c2ccc(F)cc2)oc1=O)c1ccccc1. The molecule has 0 atom stereocenters. The molecule has 0 aliphatic rings. The second-order valence-corrected chi connectivity index (χ2v) is 6.03. The van der Waals surface area contributed by atoms with E-state index in [-0.39, 0.29) is 24.4 Å². The second-order valence-electron chi connectivity index (χ2n) is 6.03. The Morgan fingerprint density at radius 2 is 1.81 bits per heavy atom. The highest BCUT2D eigenvalue weighted by molar-refractivity contribution is 5.93. The van der Waals surface area contributed by atoms with E-state index < -0.39 is 11.6 Å². The predicted molar refractivity (Wildman–Crippen MR) is 95.2 cm³/mol. The first kappa shape index (κ1) is 17.6. The van der Waals surface area contributed by atoms with E-state index in [2.05, 4.69) is 5.10 Å². The van der Waals surface area contributed by atoms with Gasteiger partial charge in [-0.05, 0) is 50.2 Å². The van der Waals surface area contributed by atoms with Crippen LogP contribution in [0, 0.1) is 5.82 Å². The van der Waals surface area contributed by atoms with Crippen LogP contribution >= 0.6 is 0 Å². The zero-order valence-electron chi connectivity index (χ0n) is 14.4. The molecule has 0 saturated carbocycles. The summed E-state index contributed by atoms with van der Waals surface area (Å²) in [6.45, 7) is 3.53. The molecular weight excluding hydrogens is 337 g/mol. The third kappa shape index (κ3) is 3.72. The van der Waals surface area contributed by atoms with Gasteiger partial charge in [-0.25, -0.2) is 9.18 Å². The molecule has 3 aromatic rings. The molecule has 0 unspecified atom stereocenters. The number of carbonyl (C=O) groups is 1. The van der Waals surface area contributed by atoms with Gasteiger partial charge in [0, 0.05) is 17.3 Å². The number of hydrogen-bond acceptors (Lipinski definition) is 4. The van der Waals surface area contributed by atoms with Crippen LogP contribution in [0.2, 0.25) is 0 Å². The maximum absolute atomic E-state index is 13.0. The van der Waals surface area contributed by atoms with E-state index in [1.807, 2.05) is 44.2 Å². The molecule has 1 heterocycles. The summed E-state index contributed by atoms with van der Waals surface area (Å²) in [4.78, 5) is 26.4. The molecule has 7 heteroatoms. The van der Waals surface area contributed by atoms with Crippen LogP contribution in [0.25, 0.3) is 11.5 Å². The van der Waals surface area contributed by atoms with Crippen molar-refractivity contribution in [2.75, 3.05) is 4.90 Å². The zero-order valence-corrected chi connectivity index (χ0v) is 14.4. The number of nitrogens with zero attached hydrogens (tertiary/aromatic N) is 3. The van der Waals surface area contributed by atoms with E-state index in [0.717, 1.165) is 10.4 Å². The summed E-state index contributed by atoms with van der Waals surface area (Å²) in [6, 6.07) is 14.5. The molecule has 0 aliphatic carbocycles. The summed E-state index contributed by atoms with van der Waals surface area (Å²) in [6.07, 6.45) is 0. The Morgan fingerprint density at radius 1 is 1.15 bits per heavy atom. The number of aromatic nitrogens is 2. The number of halogens is 1. The van der Waals surface area contributed by atoms with Crippen LogP contribution in [0.4, 0.5) is 10.1 Å². The molecule has 1 amide bonds. The monoisotopic (exact) mass is 355 g/mol. The fraction of sp³-hybridized carbons (Fsp3) is 0.211. The predicted octanol–water partition coefficient (Wildman–Crippen LogP) is 3.08. The lowest BCUT2D eigenvalue weighted by Crippen LogP contribution is -2.40. The molecule has 26 heavy (non-hydrogen) atoms. The van der Waals surface area contributed by atoms with E-state index in [0.29, 0.717) is 5.56 Å².